The quantitative estimate of drug-likeness (QED) is 0.835. The van der Waals surface area contributed by atoms with E-state index in [0.717, 1.165) is 6.07 Å². The predicted molar refractivity (Wildman–Crippen MR) is 49.8 cm³/mol. The van der Waals surface area contributed by atoms with Gasteiger partial charge in [-0.15, -0.1) is 0 Å². The first-order valence-electron chi connectivity index (χ1n) is 4.69. The lowest BCUT2D eigenvalue weighted by Gasteiger charge is -2.14. The van der Waals surface area contributed by atoms with Crippen LogP contribution in [0.3, 0.4) is 0 Å². The molecule has 0 saturated heterocycles. The number of carboxylic acid groups (broad SMARTS) is 1. The van der Waals surface area contributed by atoms with Crippen LogP contribution in [0.2, 0.25) is 0 Å². The van der Waals surface area contributed by atoms with Crippen molar-refractivity contribution in [2.24, 2.45) is 0 Å². The second-order valence-electron chi connectivity index (χ2n) is 3.79. The number of hydrogen-bond acceptors (Lipinski definition) is 1. The molecular formula is C11H10F2O2. The summed E-state index contributed by atoms with van der Waals surface area (Å²) in [6.45, 7) is -0.961. The minimum Gasteiger partial charge on any atom is -0.481 e. The lowest BCUT2D eigenvalue weighted by Crippen LogP contribution is -2.21. The van der Waals surface area contributed by atoms with E-state index in [2.05, 4.69) is 0 Å². The molecule has 0 unspecified atom stereocenters. The Morgan fingerprint density at radius 2 is 2.13 bits per heavy atom. The molecule has 2 nitrogen and oxygen atoms in total. The second kappa shape index (κ2) is 3.29. The highest BCUT2D eigenvalue weighted by molar-refractivity contribution is 5.85. The predicted octanol–water partition coefficient (Wildman–Crippen LogP) is 2.41. The van der Waals surface area contributed by atoms with E-state index < -0.39 is 23.9 Å². The molecule has 0 heterocycles. The van der Waals surface area contributed by atoms with Gasteiger partial charge in [0.05, 0.1) is 5.41 Å². The fourth-order valence-corrected chi connectivity index (χ4v) is 1.87. The van der Waals surface area contributed by atoms with Crippen LogP contribution in [0.15, 0.2) is 18.2 Å². The Balaban J connectivity index is 2.53. The van der Waals surface area contributed by atoms with Gasteiger partial charge in [-0.05, 0) is 24.5 Å². The number of carboxylic acids is 1. The van der Waals surface area contributed by atoms with Crippen molar-refractivity contribution in [3.05, 3.63) is 35.1 Å². The normalized spacial score (nSPS) is 17.5. The van der Waals surface area contributed by atoms with Crippen molar-refractivity contribution in [3.8, 4) is 0 Å². The first-order chi connectivity index (χ1) is 7.12. The largest absolute Gasteiger partial charge is 0.481 e. The molecule has 1 aliphatic carbocycles. The minimum absolute atomic E-state index is 0.114. The van der Waals surface area contributed by atoms with Crippen LogP contribution in [-0.2, 0) is 16.9 Å². The maximum absolute atomic E-state index is 13.2. The zero-order chi connectivity index (χ0) is 11.1. The average molecular weight is 212 g/mol. The van der Waals surface area contributed by atoms with Crippen molar-refractivity contribution < 1.29 is 18.7 Å². The van der Waals surface area contributed by atoms with Gasteiger partial charge in [0.2, 0.25) is 0 Å². The van der Waals surface area contributed by atoms with E-state index in [4.69, 9.17) is 5.11 Å². The van der Waals surface area contributed by atoms with Gasteiger partial charge in [-0.3, -0.25) is 4.79 Å². The van der Waals surface area contributed by atoms with Gasteiger partial charge in [0.15, 0.2) is 0 Å². The summed E-state index contributed by atoms with van der Waals surface area (Å²) in [6, 6.07) is 4.07. The number of benzene rings is 1. The SMILES string of the molecule is O=C(O)C1(c2cccc(F)c2CF)CC1. The van der Waals surface area contributed by atoms with Gasteiger partial charge in [0.25, 0.3) is 0 Å². The molecule has 1 saturated carbocycles. The zero-order valence-electron chi connectivity index (χ0n) is 7.96. The molecule has 0 spiro atoms. The summed E-state index contributed by atoms with van der Waals surface area (Å²) in [4.78, 5) is 11.0. The smallest absolute Gasteiger partial charge is 0.314 e. The Hall–Kier alpha value is -1.45. The molecule has 1 N–H and O–H groups in total. The molecule has 0 aliphatic heterocycles. The van der Waals surface area contributed by atoms with Crippen LogP contribution in [0.1, 0.15) is 24.0 Å². The number of aliphatic carboxylic acids is 1. The molecule has 2 rings (SSSR count). The Morgan fingerprint density at radius 1 is 1.47 bits per heavy atom. The Bertz CT molecular complexity index is 411. The third-order valence-corrected chi connectivity index (χ3v) is 2.93. The summed E-state index contributed by atoms with van der Waals surface area (Å²) in [7, 11) is 0. The highest BCUT2D eigenvalue weighted by Gasteiger charge is 2.53. The molecule has 1 aromatic carbocycles. The van der Waals surface area contributed by atoms with Crippen LogP contribution in [0.25, 0.3) is 0 Å². The third-order valence-electron chi connectivity index (χ3n) is 2.93. The summed E-state index contributed by atoms with van der Waals surface area (Å²) in [6.07, 6.45) is 0.914. The molecule has 0 amide bonds. The highest BCUT2D eigenvalue weighted by atomic mass is 19.1. The maximum atomic E-state index is 13.2. The molecule has 0 atom stereocenters. The van der Waals surface area contributed by atoms with Gasteiger partial charge in [-0.2, -0.15) is 0 Å². The lowest BCUT2D eigenvalue weighted by molar-refractivity contribution is -0.140. The van der Waals surface area contributed by atoms with Crippen LogP contribution in [0, 0.1) is 5.82 Å². The highest BCUT2D eigenvalue weighted by Crippen LogP contribution is 2.50. The van der Waals surface area contributed by atoms with E-state index in [9.17, 15) is 13.6 Å². The van der Waals surface area contributed by atoms with Crippen LogP contribution < -0.4 is 0 Å². The summed E-state index contributed by atoms with van der Waals surface area (Å²) >= 11 is 0. The van der Waals surface area contributed by atoms with Crippen molar-refractivity contribution in [1.82, 2.24) is 0 Å². The van der Waals surface area contributed by atoms with Gasteiger partial charge < -0.3 is 5.11 Å². The van der Waals surface area contributed by atoms with Gasteiger partial charge in [0.1, 0.15) is 12.5 Å². The fourth-order valence-electron chi connectivity index (χ4n) is 1.87. The van der Waals surface area contributed by atoms with Gasteiger partial charge >= 0.3 is 5.97 Å². The summed E-state index contributed by atoms with van der Waals surface area (Å²) in [5.74, 6) is -1.66. The van der Waals surface area contributed by atoms with Crippen LogP contribution in [0.5, 0.6) is 0 Å². The van der Waals surface area contributed by atoms with E-state index in [1.54, 1.807) is 0 Å². The van der Waals surface area contributed by atoms with Gasteiger partial charge in [-0.1, -0.05) is 12.1 Å². The molecule has 15 heavy (non-hydrogen) atoms. The number of rotatable bonds is 3. The average Bonchev–Trinajstić information content (AvgIpc) is 2.98. The standard InChI is InChI=1S/C11H10F2O2/c12-6-7-8(2-1-3-9(7)13)11(4-5-11)10(14)15/h1-3H,4-6H2,(H,14,15). The monoisotopic (exact) mass is 212 g/mol. The summed E-state index contributed by atoms with van der Waals surface area (Å²) in [5, 5.41) is 9.02. The lowest BCUT2D eigenvalue weighted by atomic mass is 9.91. The van der Waals surface area contributed by atoms with Crippen molar-refractivity contribution >= 4 is 5.97 Å². The molecular weight excluding hydrogens is 202 g/mol. The number of hydrogen-bond donors (Lipinski definition) is 1. The molecule has 0 bridgehead atoms. The molecule has 4 heteroatoms. The summed E-state index contributed by atoms with van der Waals surface area (Å²) < 4.78 is 25.9. The number of halogens is 2. The second-order valence-corrected chi connectivity index (χ2v) is 3.79. The van der Waals surface area contributed by atoms with Crippen molar-refractivity contribution in [2.75, 3.05) is 0 Å². The Morgan fingerprint density at radius 3 is 2.60 bits per heavy atom. The minimum atomic E-state index is -1.04. The first-order valence-corrected chi connectivity index (χ1v) is 4.69. The molecule has 0 radical (unpaired) electrons. The van der Waals surface area contributed by atoms with E-state index >= 15 is 0 Å². The number of carbonyl (C=O) groups is 1. The van der Waals surface area contributed by atoms with Crippen LogP contribution in [0.4, 0.5) is 8.78 Å². The van der Waals surface area contributed by atoms with Gasteiger partial charge in [-0.25, -0.2) is 8.78 Å². The molecule has 80 valence electrons. The van der Waals surface area contributed by atoms with Gasteiger partial charge in [0, 0.05) is 5.56 Å². The summed E-state index contributed by atoms with van der Waals surface area (Å²) in [5.41, 5.74) is -0.862. The van der Waals surface area contributed by atoms with E-state index in [1.807, 2.05) is 0 Å². The van der Waals surface area contributed by atoms with Crippen molar-refractivity contribution in [1.29, 1.82) is 0 Å². The third kappa shape index (κ3) is 1.40. The Kier molecular flexibility index (Phi) is 2.21. The molecule has 1 aliphatic rings. The Labute approximate surface area is 85.5 Å². The zero-order valence-corrected chi connectivity index (χ0v) is 7.96. The van der Waals surface area contributed by atoms with Crippen molar-refractivity contribution in [2.45, 2.75) is 24.9 Å². The topological polar surface area (TPSA) is 37.3 Å². The fraction of sp³-hybridized carbons (Fsp3) is 0.364. The van der Waals surface area contributed by atoms with Crippen LogP contribution in [-0.4, -0.2) is 11.1 Å². The van der Waals surface area contributed by atoms with Crippen molar-refractivity contribution in [3.63, 3.8) is 0 Å². The van der Waals surface area contributed by atoms with E-state index in [-0.39, 0.29) is 11.1 Å². The molecule has 1 fully saturated rings. The molecule has 1 aromatic rings. The van der Waals surface area contributed by atoms with E-state index in [0.29, 0.717) is 12.8 Å². The van der Waals surface area contributed by atoms with E-state index in [1.165, 1.54) is 12.1 Å². The first kappa shape index (κ1) is 10.1. The molecule has 0 aromatic heterocycles. The number of alkyl halides is 1. The maximum Gasteiger partial charge on any atom is 0.314 e. The van der Waals surface area contributed by atoms with Crippen LogP contribution >= 0.6 is 0 Å².